The number of ether oxygens (including phenoxy) is 1. The molecule has 3 aromatic rings. The standard InChI is InChI=1S/C20H18O.C10H21N2O2P.2C2H6/c1-21-20(17-11-5-2-6-12-17,18-13-7-3-8-14-18)19-15-9-4-10-16-19;1-9(2)12(10(3)4)15(13-5)14-8-6-7-11;2*1-2/h2-16H,1H3;9-10H,6,8H2,1-5H3;2*1-2H3. The van der Waals surface area contributed by atoms with Crippen molar-refractivity contribution in [3.8, 4) is 6.07 Å². The second-order valence-electron chi connectivity index (χ2n) is 8.71. The first-order valence-electron chi connectivity index (χ1n) is 14.3. The van der Waals surface area contributed by atoms with Crippen molar-refractivity contribution in [1.29, 1.82) is 5.26 Å². The Morgan fingerprint density at radius 1 is 0.700 bits per heavy atom. The summed E-state index contributed by atoms with van der Waals surface area (Å²) in [5.41, 5.74) is 2.81. The molecule has 3 rings (SSSR count). The molecule has 40 heavy (non-hydrogen) atoms. The molecule has 0 heterocycles. The normalized spacial score (nSPS) is 11.3. The molecule has 0 amide bonds. The van der Waals surface area contributed by atoms with E-state index in [1.54, 1.807) is 14.2 Å². The molecule has 0 saturated carbocycles. The minimum absolute atomic E-state index is 0.373. The molecule has 0 saturated heterocycles. The van der Waals surface area contributed by atoms with Gasteiger partial charge in [0.2, 0.25) is 0 Å². The fourth-order valence-electron chi connectivity index (χ4n) is 4.23. The Morgan fingerprint density at radius 2 is 1.05 bits per heavy atom. The maximum atomic E-state index is 8.43. The van der Waals surface area contributed by atoms with Crippen LogP contribution in [-0.2, 0) is 19.4 Å². The smallest absolute Gasteiger partial charge is 0.258 e. The molecule has 0 aliphatic rings. The second-order valence-corrected chi connectivity index (χ2v) is 10.3. The van der Waals surface area contributed by atoms with E-state index in [4.69, 9.17) is 19.0 Å². The van der Waals surface area contributed by atoms with Crippen molar-refractivity contribution >= 4 is 8.53 Å². The highest BCUT2D eigenvalue weighted by molar-refractivity contribution is 7.44. The Bertz CT molecular complexity index is 921. The van der Waals surface area contributed by atoms with Gasteiger partial charge < -0.3 is 13.8 Å². The van der Waals surface area contributed by atoms with Crippen molar-refractivity contribution in [1.82, 2.24) is 4.67 Å². The van der Waals surface area contributed by atoms with Crippen LogP contribution >= 0.6 is 8.53 Å². The van der Waals surface area contributed by atoms with E-state index in [1.165, 1.54) is 0 Å². The monoisotopic (exact) mass is 566 g/mol. The van der Waals surface area contributed by atoms with Crippen LogP contribution in [0.15, 0.2) is 91.0 Å². The number of nitriles is 1. The third-order valence-electron chi connectivity index (χ3n) is 5.67. The minimum Gasteiger partial charge on any atom is -0.364 e. The Balaban J connectivity index is 0.000000711. The number of nitrogens with zero attached hydrogens (tertiary/aromatic N) is 2. The molecule has 0 bridgehead atoms. The average molecular weight is 567 g/mol. The summed E-state index contributed by atoms with van der Waals surface area (Å²) in [5, 5.41) is 8.43. The van der Waals surface area contributed by atoms with E-state index in [0.717, 1.165) is 16.7 Å². The summed E-state index contributed by atoms with van der Waals surface area (Å²) in [7, 11) is 2.39. The van der Waals surface area contributed by atoms with Crippen LogP contribution in [0.3, 0.4) is 0 Å². The third-order valence-corrected chi connectivity index (χ3v) is 7.68. The number of methoxy groups -OCH3 is 1. The molecule has 0 fully saturated rings. The SMILES string of the molecule is CC.CC.COC(c1ccccc1)(c1ccccc1)c1ccccc1.COP(OCCC#N)N(C(C)C)C(C)C. The average Bonchev–Trinajstić information content (AvgIpc) is 3.01. The lowest BCUT2D eigenvalue weighted by Crippen LogP contribution is -2.33. The molecular weight excluding hydrogens is 515 g/mol. The first kappa shape index (κ1) is 37.4. The summed E-state index contributed by atoms with van der Waals surface area (Å²) in [5.74, 6) is 0. The van der Waals surface area contributed by atoms with E-state index in [9.17, 15) is 0 Å². The lowest BCUT2D eigenvalue weighted by molar-refractivity contribution is 0.0585. The fourth-order valence-corrected chi connectivity index (χ4v) is 5.66. The molecular formula is C34H51N2O3P. The van der Waals surface area contributed by atoms with Crippen LogP contribution in [0.4, 0.5) is 0 Å². The number of hydrogen-bond acceptors (Lipinski definition) is 5. The van der Waals surface area contributed by atoms with Gasteiger partial charge in [0.25, 0.3) is 8.53 Å². The van der Waals surface area contributed by atoms with Crippen LogP contribution in [0.2, 0.25) is 0 Å². The van der Waals surface area contributed by atoms with Crippen molar-refractivity contribution < 1.29 is 13.8 Å². The van der Waals surface area contributed by atoms with Gasteiger partial charge in [0.1, 0.15) is 5.60 Å². The Morgan fingerprint density at radius 3 is 1.30 bits per heavy atom. The molecule has 220 valence electrons. The molecule has 1 unspecified atom stereocenters. The van der Waals surface area contributed by atoms with E-state index in [0.29, 0.717) is 25.1 Å². The third kappa shape index (κ3) is 11.1. The lowest BCUT2D eigenvalue weighted by Gasteiger charge is -2.34. The van der Waals surface area contributed by atoms with Gasteiger partial charge in [-0.2, -0.15) is 5.26 Å². The lowest BCUT2D eigenvalue weighted by atomic mass is 9.80. The molecule has 0 N–H and O–H groups in total. The first-order valence-corrected chi connectivity index (χ1v) is 15.4. The highest BCUT2D eigenvalue weighted by Gasteiger charge is 2.36. The van der Waals surface area contributed by atoms with Gasteiger partial charge in [-0.05, 0) is 44.4 Å². The van der Waals surface area contributed by atoms with E-state index in [2.05, 4.69) is 111 Å². The molecule has 6 heteroatoms. The highest BCUT2D eigenvalue weighted by atomic mass is 31.2. The van der Waals surface area contributed by atoms with Crippen LogP contribution in [0.5, 0.6) is 0 Å². The summed E-state index contributed by atoms with van der Waals surface area (Å²) in [6, 6.07) is 33.9. The van der Waals surface area contributed by atoms with Crippen LogP contribution in [-0.4, -0.2) is 37.6 Å². The van der Waals surface area contributed by atoms with Crippen LogP contribution < -0.4 is 0 Å². The zero-order chi connectivity index (χ0) is 30.4. The fraction of sp³-hybridized carbons (Fsp3) is 0.441. The Labute approximate surface area is 246 Å². The molecule has 0 spiro atoms. The zero-order valence-corrected chi connectivity index (χ0v) is 27.2. The van der Waals surface area contributed by atoms with Gasteiger partial charge in [-0.15, -0.1) is 0 Å². The topological polar surface area (TPSA) is 54.7 Å². The van der Waals surface area contributed by atoms with Gasteiger partial charge in [0.05, 0.1) is 19.1 Å². The predicted octanol–water partition coefficient (Wildman–Crippen LogP) is 9.59. The number of rotatable bonds is 11. The maximum Gasteiger partial charge on any atom is 0.258 e. The second kappa shape index (κ2) is 22.1. The first-order chi connectivity index (χ1) is 19.4. The van der Waals surface area contributed by atoms with Crippen molar-refractivity contribution in [3.05, 3.63) is 108 Å². The van der Waals surface area contributed by atoms with Crippen molar-refractivity contribution in [2.75, 3.05) is 20.8 Å². The molecule has 5 nitrogen and oxygen atoms in total. The van der Waals surface area contributed by atoms with Crippen LogP contribution in [0.1, 0.15) is 78.5 Å². The van der Waals surface area contributed by atoms with Crippen molar-refractivity contribution in [3.63, 3.8) is 0 Å². The van der Waals surface area contributed by atoms with Crippen LogP contribution in [0, 0.1) is 11.3 Å². The minimum atomic E-state index is -1.03. The van der Waals surface area contributed by atoms with Crippen LogP contribution in [0.25, 0.3) is 0 Å². The van der Waals surface area contributed by atoms with Crippen molar-refractivity contribution in [2.24, 2.45) is 0 Å². The molecule has 3 aromatic carbocycles. The molecule has 1 atom stereocenters. The summed E-state index contributed by atoms with van der Waals surface area (Å²) in [6.45, 7) is 16.9. The number of benzene rings is 3. The van der Waals surface area contributed by atoms with E-state index < -0.39 is 14.1 Å². The number of hydrogen-bond donors (Lipinski definition) is 0. The van der Waals surface area contributed by atoms with E-state index in [-0.39, 0.29) is 0 Å². The van der Waals surface area contributed by atoms with E-state index >= 15 is 0 Å². The summed E-state index contributed by atoms with van der Waals surface area (Å²) in [4.78, 5) is 0. The van der Waals surface area contributed by atoms with Gasteiger partial charge in [-0.3, -0.25) is 0 Å². The summed E-state index contributed by atoms with van der Waals surface area (Å²) >= 11 is 0. The Kier molecular flexibility index (Phi) is 20.7. The summed E-state index contributed by atoms with van der Waals surface area (Å²) in [6.07, 6.45) is 0.409. The molecule has 0 aliphatic heterocycles. The maximum absolute atomic E-state index is 8.43. The molecule has 0 aromatic heterocycles. The summed E-state index contributed by atoms with van der Waals surface area (Å²) < 4.78 is 19.2. The van der Waals surface area contributed by atoms with Gasteiger partial charge in [0.15, 0.2) is 0 Å². The van der Waals surface area contributed by atoms with Gasteiger partial charge in [-0.1, -0.05) is 119 Å². The zero-order valence-electron chi connectivity index (χ0n) is 26.3. The van der Waals surface area contributed by atoms with Gasteiger partial charge in [-0.25, -0.2) is 4.67 Å². The molecule has 0 aliphatic carbocycles. The highest BCUT2D eigenvalue weighted by Crippen LogP contribution is 2.45. The Hall–Kier alpha value is -2.58. The van der Waals surface area contributed by atoms with Gasteiger partial charge in [0, 0.05) is 26.3 Å². The largest absolute Gasteiger partial charge is 0.364 e. The van der Waals surface area contributed by atoms with Gasteiger partial charge >= 0.3 is 0 Å². The van der Waals surface area contributed by atoms with Crippen molar-refractivity contribution in [2.45, 2.75) is 79.5 Å². The van der Waals surface area contributed by atoms with E-state index in [1.807, 2.05) is 45.9 Å². The predicted molar refractivity (Wildman–Crippen MR) is 171 cm³/mol. The molecule has 0 radical (unpaired) electrons. The quantitative estimate of drug-likeness (QED) is 0.131.